The number of carbonyl (C=O) groups excluding carboxylic acids is 1. The average molecular weight is 445 g/mol. The summed E-state index contributed by atoms with van der Waals surface area (Å²) in [5, 5.41) is 6.65. The number of amides is 1. The molecule has 2 atom stereocenters. The first-order valence-corrected chi connectivity index (χ1v) is 11.3. The minimum atomic E-state index is -0.118. The standard InChI is InChI=1S/C26H28N4O3/c1-32-23-14-24(33-2)30-25(29-23)17-8-10-20(11-9-17)28-26(31)19-5-3-4-18(12-19)21-13-22(21)27-15-16-6-7-16/h3-5,8-12,14,16,21-22,27H,6-7,13,15H2,1-2H3,(H,28,31). The summed E-state index contributed by atoms with van der Waals surface area (Å²) < 4.78 is 10.4. The van der Waals surface area contributed by atoms with Crippen LogP contribution < -0.4 is 20.1 Å². The molecule has 5 rings (SSSR count). The highest BCUT2D eigenvalue weighted by atomic mass is 16.5. The van der Waals surface area contributed by atoms with Crippen molar-refractivity contribution in [3.05, 3.63) is 65.7 Å². The Labute approximate surface area is 193 Å². The highest BCUT2D eigenvalue weighted by Crippen LogP contribution is 2.42. The van der Waals surface area contributed by atoms with Gasteiger partial charge >= 0.3 is 0 Å². The molecule has 2 N–H and O–H groups in total. The maximum absolute atomic E-state index is 12.9. The first-order valence-electron chi connectivity index (χ1n) is 11.3. The fraction of sp³-hybridized carbons (Fsp3) is 0.346. The van der Waals surface area contributed by atoms with Crippen LogP contribution in [-0.2, 0) is 0 Å². The number of rotatable bonds is 9. The molecule has 2 saturated carbocycles. The third kappa shape index (κ3) is 5.14. The molecule has 1 heterocycles. The van der Waals surface area contributed by atoms with E-state index < -0.39 is 0 Å². The molecule has 3 aromatic rings. The van der Waals surface area contributed by atoms with Gasteiger partial charge in [0.05, 0.1) is 20.3 Å². The number of nitrogens with one attached hydrogen (secondary N) is 2. The molecule has 7 heteroatoms. The molecule has 2 fully saturated rings. The number of carbonyl (C=O) groups is 1. The quantitative estimate of drug-likeness (QED) is 0.513. The first kappa shape index (κ1) is 21.4. The molecule has 2 aromatic carbocycles. The summed E-state index contributed by atoms with van der Waals surface area (Å²) in [6.07, 6.45) is 3.87. The summed E-state index contributed by atoms with van der Waals surface area (Å²) in [5.74, 6) is 2.62. The Bertz CT molecular complexity index is 1120. The van der Waals surface area contributed by atoms with Crippen LogP contribution in [0.2, 0.25) is 0 Å². The fourth-order valence-corrected chi connectivity index (χ4v) is 3.99. The number of methoxy groups -OCH3 is 2. The normalized spacial score (nSPS) is 19.1. The van der Waals surface area contributed by atoms with Gasteiger partial charge in [0.15, 0.2) is 5.82 Å². The third-order valence-corrected chi connectivity index (χ3v) is 6.23. The van der Waals surface area contributed by atoms with Crippen LogP contribution in [0, 0.1) is 5.92 Å². The van der Waals surface area contributed by atoms with Crippen molar-refractivity contribution in [2.24, 2.45) is 5.92 Å². The van der Waals surface area contributed by atoms with E-state index >= 15 is 0 Å². The van der Waals surface area contributed by atoms with Crippen molar-refractivity contribution in [1.82, 2.24) is 15.3 Å². The maximum atomic E-state index is 12.9. The summed E-state index contributed by atoms with van der Waals surface area (Å²) in [5.41, 5.74) is 3.41. The van der Waals surface area contributed by atoms with Crippen molar-refractivity contribution in [2.75, 3.05) is 26.1 Å². The lowest BCUT2D eigenvalue weighted by molar-refractivity contribution is 0.102. The predicted octanol–water partition coefficient (Wildman–Crippen LogP) is 4.27. The number of anilines is 1. The molecule has 0 radical (unpaired) electrons. The Kier molecular flexibility index (Phi) is 5.96. The minimum absolute atomic E-state index is 0.118. The van der Waals surface area contributed by atoms with E-state index in [0.29, 0.717) is 40.8 Å². The van der Waals surface area contributed by atoms with Crippen LogP contribution >= 0.6 is 0 Å². The minimum Gasteiger partial charge on any atom is -0.481 e. The number of hydrogen-bond acceptors (Lipinski definition) is 6. The third-order valence-electron chi connectivity index (χ3n) is 6.23. The van der Waals surface area contributed by atoms with E-state index in [1.807, 2.05) is 42.5 Å². The second kappa shape index (κ2) is 9.19. The van der Waals surface area contributed by atoms with Crippen molar-refractivity contribution >= 4 is 11.6 Å². The predicted molar refractivity (Wildman–Crippen MR) is 127 cm³/mol. The van der Waals surface area contributed by atoms with E-state index in [4.69, 9.17) is 9.47 Å². The summed E-state index contributed by atoms with van der Waals surface area (Å²) in [7, 11) is 3.10. The van der Waals surface area contributed by atoms with Crippen LogP contribution in [0.25, 0.3) is 11.4 Å². The summed E-state index contributed by atoms with van der Waals surface area (Å²) in [4.78, 5) is 21.6. The van der Waals surface area contributed by atoms with Crippen LogP contribution in [0.5, 0.6) is 11.8 Å². The molecular weight excluding hydrogens is 416 g/mol. The summed E-state index contributed by atoms with van der Waals surface area (Å²) >= 11 is 0. The molecule has 0 aliphatic heterocycles. The Morgan fingerprint density at radius 3 is 2.39 bits per heavy atom. The zero-order valence-corrected chi connectivity index (χ0v) is 18.9. The molecule has 2 aliphatic rings. The fourth-order valence-electron chi connectivity index (χ4n) is 3.99. The van der Waals surface area contributed by atoms with Crippen LogP contribution in [0.1, 0.15) is 41.1 Å². The van der Waals surface area contributed by atoms with E-state index in [-0.39, 0.29) is 5.91 Å². The second-order valence-electron chi connectivity index (χ2n) is 8.73. The van der Waals surface area contributed by atoms with Crippen molar-refractivity contribution in [3.8, 4) is 23.1 Å². The number of nitrogens with zero attached hydrogens (tertiary/aromatic N) is 2. The monoisotopic (exact) mass is 444 g/mol. The molecule has 0 spiro atoms. The van der Waals surface area contributed by atoms with E-state index in [1.165, 1.54) is 18.4 Å². The van der Waals surface area contributed by atoms with E-state index in [9.17, 15) is 4.79 Å². The van der Waals surface area contributed by atoms with Gasteiger partial charge in [0.2, 0.25) is 11.8 Å². The van der Waals surface area contributed by atoms with Gasteiger partial charge in [0.25, 0.3) is 5.91 Å². The van der Waals surface area contributed by atoms with Gasteiger partial charge in [-0.2, -0.15) is 9.97 Å². The molecule has 7 nitrogen and oxygen atoms in total. The van der Waals surface area contributed by atoms with E-state index in [1.54, 1.807) is 20.3 Å². The first-order chi connectivity index (χ1) is 16.1. The highest BCUT2D eigenvalue weighted by Gasteiger charge is 2.39. The smallest absolute Gasteiger partial charge is 0.255 e. The van der Waals surface area contributed by atoms with Crippen molar-refractivity contribution < 1.29 is 14.3 Å². The molecule has 0 bridgehead atoms. The summed E-state index contributed by atoms with van der Waals surface area (Å²) in [6, 6.07) is 17.5. The lowest BCUT2D eigenvalue weighted by Crippen LogP contribution is -2.20. The van der Waals surface area contributed by atoms with E-state index in [0.717, 1.165) is 24.4 Å². The number of benzene rings is 2. The Hall–Kier alpha value is -3.45. The Morgan fingerprint density at radius 2 is 1.73 bits per heavy atom. The van der Waals surface area contributed by atoms with Gasteiger partial charge in [-0.15, -0.1) is 0 Å². The van der Waals surface area contributed by atoms with Crippen LogP contribution in [0.15, 0.2) is 54.6 Å². The van der Waals surface area contributed by atoms with Crippen LogP contribution in [0.4, 0.5) is 5.69 Å². The van der Waals surface area contributed by atoms with Gasteiger partial charge < -0.3 is 20.1 Å². The lowest BCUT2D eigenvalue weighted by atomic mass is 10.1. The Morgan fingerprint density at radius 1 is 1.00 bits per heavy atom. The molecule has 33 heavy (non-hydrogen) atoms. The maximum Gasteiger partial charge on any atom is 0.255 e. The van der Waals surface area contributed by atoms with Gasteiger partial charge in [0.1, 0.15) is 0 Å². The number of aromatic nitrogens is 2. The number of ether oxygens (including phenoxy) is 2. The highest BCUT2D eigenvalue weighted by molar-refractivity contribution is 6.04. The van der Waals surface area contributed by atoms with E-state index in [2.05, 4.69) is 26.7 Å². The zero-order valence-electron chi connectivity index (χ0n) is 18.9. The van der Waals surface area contributed by atoms with Crippen molar-refractivity contribution in [3.63, 3.8) is 0 Å². The van der Waals surface area contributed by atoms with Gasteiger partial charge in [-0.05, 0) is 73.7 Å². The van der Waals surface area contributed by atoms with Crippen LogP contribution in [0.3, 0.4) is 0 Å². The van der Waals surface area contributed by atoms with Gasteiger partial charge in [-0.3, -0.25) is 4.79 Å². The molecule has 1 aromatic heterocycles. The Balaban J connectivity index is 1.23. The zero-order chi connectivity index (χ0) is 22.8. The average Bonchev–Trinajstić information content (AvgIpc) is 3.78. The SMILES string of the molecule is COc1cc(OC)nc(-c2ccc(NC(=O)c3cccc(C4CC4NCC4CC4)c3)cc2)n1. The topological polar surface area (TPSA) is 85.4 Å². The van der Waals surface area contributed by atoms with Gasteiger partial charge in [-0.1, -0.05) is 12.1 Å². The lowest BCUT2D eigenvalue weighted by Gasteiger charge is -2.09. The van der Waals surface area contributed by atoms with Crippen molar-refractivity contribution in [2.45, 2.75) is 31.2 Å². The van der Waals surface area contributed by atoms with Gasteiger partial charge in [0, 0.05) is 28.8 Å². The molecule has 1 amide bonds. The molecule has 0 saturated heterocycles. The van der Waals surface area contributed by atoms with Crippen LogP contribution in [-0.4, -0.2) is 42.7 Å². The van der Waals surface area contributed by atoms with Gasteiger partial charge in [-0.25, -0.2) is 0 Å². The molecule has 170 valence electrons. The largest absolute Gasteiger partial charge is 0.481 e. The second-order valence-corrected chi connectivity index (χ2v) is 8.73. The van der Waals surface area contributed by atoms with Crippen molar-refractivity contribution in [1.29, 1.82) is 0 Å². The molecular formula is C26H28N4O3. The molecule has 2 aliphatic carbocycles. The molecule has 2 unspecified atom stereocenters. The number of hydrogen-bond donors (Lipinski definition) is 2. The summed E-state index contributed by atoms with van der Waals surface area (Å²) in [6.45, 7) is 1.13.